The van der Waals surface area contributed by atoms with E-state index >= 15 is 0 Å². The maximum Gasteiger partial charge on any atom is 0.0896 e. The standard InChI is InChI=1S/C10H16Br2/c1-9-7-5-3-2-4-6-8(9)10(9,11)12/h8H,2-7H2,1H3/t8-,9+/m1/s1. The Morgan fingerprint density at radius 2 is 1.75 bits per heavy atom. The van der Waals surface area contributed by atoms with E-state index in [1.165, 1.54) is 38.5 Å². The smallest absolute Gasteiger partial charge is 0.0718 e. The minimum atomic E-state index is 0.289. The normalized spacial score (nSPS) is 45.8. The number of halogens is 2. The van der Waals surface area contributed by atoms with E-state index in [-0.39, 0.29) is 3.23 Å². The second-order valence-corrected chi connectivity index (χ2v) is 8.11. The summed E-state index contributed by atoms with van der Waals surface area (Å²) in [5.41, 5.74) is 0.549. The molecule has 0 amide bonds. The van der Waals surface area contributed by atoms with E-state index in [0.29, 0.717) is 5.41 Å². The van der Waals surface area contributed by atoms with E-state index in [2.05, 4.69) is 38.8 Å². The maximum atomic E-state index is 3.82. The Morgan fingerprint density at radius 3 is 2.50 bits per heavy atom. The van der Waals surface area contributed by atoms with Crippen molar-refractivity contribution in [3.8, 4) is 0 Å². The van der Waals surface area contributed by atoms with E-state index in [0.717, 1.165) is 5.92 Å². The Hall–Kier alpha value is 0.960. The molecule has 0 aromatic carbocycles. The molecule has 0 saturated heterocycles. The molecule has 2 aliphatic rings. The molecular formula is C10H16Br2. The summed E-state index contributed by atoms with van der Waals surface area (Å²) in [7, 11) is 0. The van der Waals surface area contributed by atoms with Gasteiger partial charge in [-0.15, -0.1) is 0 Å². The van der Waals surface area contributed by atoms with Crippen LogP contribution in [-0.2, 0) is 0 Å². The van der Waals surface area contributed by atoms with Gasteiger partial charge in [0, 0.05) is 0 Å². The zero-order valence-corrected chi connectivity index (χ0v) is 10.7. The molecule has 0 aromatic heterocycles. The molecule has 0 heterocycles. The van der Waals surface area contributed by atoms with Crippen LogP contribution >= 0.6 is 31.9 Å². The van der Waals surface area contributed by atoms with E-state index in [1.54, 1.807) is 0 Å². The lowest BCUT2D eigenvalue weighted by molar-refractivity contribution is 0.385. The van der Waals surface area contributed by atoms with Gasteiger partial charge in [-0.25, -0.2) is 0 Å². The highest BCUT2D eigenvalue weighted by Gasteiger charge is 2.70. The summed E-state index contributed by atoms with van der Waals surface area (Å²) in [6, 6.07) is 0. The van der Waals surface area contributed by atoms with Gasteiger partial charge in [-0.1, -0.05) is 64.5 Å². The van der Waals surface area contributed by atoms with E-state index in [1.807, 2.05) is 0 Å². The van der Waals surface area contributed by atoms with Crippen molar-refractivity contribution in [2.45, 2.75) is 48.7 Å². The molecule has 0 unspecified atom stereocenters. The van der Waals surface area contributed by atoms with Gasteiger partial charge in [0.1, 0.15) is 0 Å². The highest BCUT2D eigenvalue weighted by molar-refractivity contribution is 9.25. The summed E-state index contributed by atoms with van der Waals surface area (Å²) in [6.45, 7) is 2.42. The zero-order valence-electron chi connectivity index (χ0n) is 7.58. The minimum Gasteiger partial charge on any atom is -0.0718 e. The van der Waals surface area contributed by atoms with Gasteiger partial charge in [-0.2, -0.15) is 0 Å². The van der Waals surface area contributed by atoms with Crippen molar-refractivity contribution in [1.29, 1.82) is 0 Å². The largest absolute Gasteiger partial charge is 0.0896 e. The molecule has 2 rings (SSSR count). The van der Waals surface area contributed by atoms with Crippen molar-refractivity contribution in [3.63, 3.8) is 0 Å². The van der Waals surface area contributed by atoms with Crippen LogP contribution in [0.15, 0.2) is 0 Å². The first-order valence-electron chi connectivity index (χ1n) is 4.97. The molecule has 0 radical (unpaired) electrons. The van der Waals surface area contributed by atoms with Crippen LogP contribution in [0.4, 0.5) is 0 Å². The summed E-state index contributed by atoms with van der Waals surface area (Å²) in [4.78, 5) is 0. The monoisotopic (exact) mass is 294 g/mol. The van der Waals surface area contributed by atoms with Crippen LogP contribution in [0, 0.1) is 11.3 Å². The van der Waals surface area contributed by atoms with Crippen LogP contribution < -0.4 is 0 Å². The van der Waals surface area contributed by atoms with Crippen molar-refractivity contribution in [3.05, 3.63) is 0 Å². The quantitative estimate of drug-likeness (QED) is 0.579. The molecule has 2 saturated carbocycles. The van der Waals surface area contributed by atoms with Crippen molar-refractivity contribution in [2.24, 2.45) is 11.3 Å². The number of rotatable bonds is 0. The minimum absolute atomic E-state index is 0.289. The molecule has 0 N–H and O–H groups in total. The van der Waals surface area contributed by atoms with Crippen LogP contribution in [0.2, 0.25) is 0 Å². The lowest BCUT2D eigenvalue weighted by atomic mass is 9.92. The molecule has 12 heavy (non-hydrogen) atoms. The summed E-state index contributed by atoms with van der Waals surface area (Å²) in [5, 5.41) is 0. The van der Waals surface area contributed by atoms with Crippen LogP contribution in [-0.4, -0.2) is 3.23 Å². The van der Waals surface area contributed by atoms with Crippen molar-refractivity contribution >= 4 is 31.9 Å². The van der Waals surface area contributed by atoms with Gasteiger partial charge in [0.05, 0.1) is 3.23 Å². The molecule has 0 bridgehead atoms. The third-order valence-corrected chi connectivity index (χ3v) is 6.74. The first-order chi connectivity index (χ1) is 5.59. The third-order valence-electron chi connectivity index (χ3n) is 3.82. The lowest BCUT2D eigenvalue weighted by Crippen LogP contribution is -2.04. The summed E-state index contributed by atoms with van der Waals surface area (Å²) in [5.74, 6) is 0.880. The van der Waals surface area contributed by atoms with Crippen LogP contribution in [0.3, 0.4) is 0 Å². The van der Waals surface area contributed by atoms with Crippen LogP contribution in [0.25, 0.3) is 0 Å². The molecule has 0 aliphatic heterocycles. The van der Waals surface area contributed by atoms with Gasteiger partial charge >= 0.3 is 0 Å². The first-order valence-corrected chi connectivity index (χ1v) is 6.55. The second kappa shape index (κ2) is 2.98. The molecule has 0 aromatic rings. The fourth-order valence-electron chi connectivity index (χ4n) is 2.71. The topological polar surface area (TPSA) is 0 Å². The molecule has 0 nitrogen and oxygen atoms in total. The molecule has 2 fully saturated rings. The van der Waals surface area contributed by atoms with Gasteiger partial charge in [-0.3, -0.25) is 0 Å². The average molecular weight is 296 g/mol. The first kappa shape index (κ1) is 9.51. The van der Waals surface area contributed by atoms with Crippen LogP contribution in [0.1, 0.15) is 45.4 Å². The number of alkyl halides is 2. The predicted molar refractivity (Wildman–Crippen MR) is 59.9 cm³/mol. The molecule has 70 valence electrons. The predicted octanol–water partition coefficient (Wildman–Crippen LogP) is 4.46. The Bertz CT molecular complexity index is 188. The van der Waals surface area contributed by atoms with Gasteiger partial charge < -0.3 is 0 Å². The average Bonchev–Trinajstić information content (AvgIpc) is 2.32. The van der Waals surface area contributed by atoms with Crippen molar-refractivity contribution in [2.75, 3.05) is 0 Å². The molecule has 2 heteroatoms. The lowest BCUT2D eigenvalue weighted by Gasteiger charge is -2.14. The van der Waals surface area contributed by atoms with Gasteiger partial charge in [0.15, 0.2) is 0 Å². The highest BCUT2D eigenvalue weighted by atomic mass is 79.9. The van der Waals surface area contributed by atoms with Crippen molar-refractivity contribution in [1.82, 2.24) is 0 Å². The fraction of sp³-hybridized carbons (Fsp3) is 1.00. The molecule has 2 aliphatic carbocycles. The van der Waals surface area contributed by atoms with E-state index in [9.17, 15) is 0 Å². The Kier molecular flexibility index (Phi) is 2.36. The summed E-state index contributed by atoms with van der Waals surface area (Å²) < 4.78 is 0.289. The Labute approximate surface area is 91.7 Å². The summed E-state index contributed by atoms with van der Waals surface area (Å²) in [6.07, 6.45) is 8.55. The summed E-state index contributed by atoms with van der Waals surface area (Å²) >= 11 is 7.64. The number of hydrogen-bond acceptors (Lipinski definition) is 0. The van der Waals surface area contributed by atoms with Crippen molar-refractivity contribution < 1.29 is 0 Å². The Balaban J connectivity index is 2.09. The van der Waals surface area contributed by atoms with Crippen LogP contribution in [0.5, 0.6) is 0 Å². The van der Waals surface area contributed by atoms with Gasteiger partial charge in [0.2, 0.25) is 0 Å². The zero-order chi connectivity index (χ0) is 8.82. The number of fused-ring (bicyclic) bond motifs is 1. The molecule has 2 atom stereocenters. The molecular weight excluding hydrogens is 280 g/mol. The Morgan fingerprint density at radius 1 is 1.08 bits per heavy atom. The second-order valence-electron chi connectivity index (χ2n) is 4.55. The van der Waals surface area contributed by atoms with Gasteiger partial charge in [0.25, 0.3) is 0 Å². The highest BCUT2D eigenvalue weighted by Crippen LogP contribution is 2.75. The maximum absolute atomic E-state index is 3.82. The SMILES string of the molecule is C[C@]12CCCCCC[C@H]1C2(Br)Br. The van der Waals surface area contributed by atoms with E-state index in [4.69, 9.17) is 0 Å². The number of hydrogen-bond donors (Lipinski definition) is 0. The fourth-order valence-corrected chi connectivity index (χ4v) is 4.90. The molecule has 0 spiro atoms. The third kappa shape index (κ3) is 1.21. The van der Waals surface area contributed by atoms with E-state index < -0.39 is 0 Å². The van der Waals surface area contributed by atoms with Gasteiger partial charge in [-0.05, 0) is 24.2 Å².